The van der Waals surface area contributed by atoms with Gasteiger partial charge in [0, 0.05) is 6.21 Å². The Morgan fingerprint density at radius 3 is 2.00 bits per heavy atom. The Bertz CT molecular complexity index is 583. The fourth-order valence-corrected chi connectivity index (χ4v) is 2.61. The molecule has 1 aliphatic rings. The Labute approximate surface area is 131 Å². The zero-order chi connectivity index (χ0) is 15.4. The molecule has 22 heavy (non-hydrogen) atoms. The number of benzene rings is 2. The van der Waals surface area contributed by atoms with Crippen molar-refractivity contribution in [2.75, 3.05) is 6.61 Å². The lowest BCUT2D eigenvalue weighted by Gasteiger charge is -2.16. The maximum absolute atomic E-state index is 5.80. The van der Waals surface area contributed by atoms with Gasteiger partial charge in [-0.3, -0.25) is 4.99 Å². The van der Waals surface area contributed by atoms with Crippen molar-refractivity contribution in [3.8, 4) is 0 Å². The van der Waals surface area contributed by atoms with Gasteiger partial charge in [0.1, 0.15) is 6.10 Å². The fraction of sp³-hybridized carbons (Fsp3) is 0.316. The highest BCUT2D eigenvalue weighted by Gasteiger charge is 2.31. The molecule has 0 bridgehead atoms. The third kappa shape index (κ3) is 3.62. The summed E-state index contributed by atoms with van der Waals surface area (Å²) in [5.41, 5.74) is 2.34. The van der Waals surface area contributed by atoms with E-state index in [0.29, 0.717) is 6.61 Å². The highest BCUT2D eigenvalue weighted by molar-refractivity contribution is 5.64. The third-order valence-corrected chi connectivity index (χ3v) is 3.66. The summed E-state index contributed by atoms with van der Waals surface area (Å²) >= 11 is 0. The van der Waals surface area contributed by atoms with Gasteiger partial charge in [-0.2, -0.15) is 0 Å². The quantitative estimate of drug-likeness (QED) is 0.798. The highest BCUT2D eigenvalue weighted by Crippen LogP contribution is 2.27. The van der Waals surface area contributed by atoms with Crippen molar-refractivity contribution in [3.05, 3.63) is 71.8 Å². The average Bonchev–Trinajstić information content (AvgIpc) is 2.89. The molecular weight excluding hydrogens is 274 g/mol. The van der Waals surface area contributed by atoms with Crippen LogP contribution in [0.4, 0.5) is 0 Å². The zero-order valence-corrected chi connectivity index (χ0v) is 13.0. The van der Waals surface area contributed by atoms with E-state index in [1.165, 1.54) is 11.1 Å². The maximum atomic E-state index is 5.80. The zero-order valence-electron chi connectivity index (χ0n) is 13.0. The van der Waals surface area contributed by atoms with Crippen LogP contribution in [0.25, 0.3) is 0 Å². The number of nitrogens with zero attached hydrogens (tertiary/aromatic N) is 1. The summed E-state index contributed by atoms with van der Waals surface area (Å²) in [6, 6.07) is 20.6. The Morgan fingerprint density at radius 1 is 1.00 bits per heavy atom. The van der Waals surface area contributed by atoms with Crippen molar-refractivity contribution in [1.29, 1.82) is 0 Å². The van der Waals surface area contributed by atoms with Crippen LogP contribution < -0.4 is 0 Å². The number of ether oxygens (including phenoxy) is 2. The lowest BCUT2D eigenvalue weighted by Crippen LogP contribution is -2.22. The predicted molar refractivity (Wildman–Crippen MR) is 88.1 cm³/mol. The number of hydrogen-bond donors (Lipinski definition) is 0. The average molecular weight is 295 g/mol. The van der Waals surface area contributed by atoms with Gasteiger partial charge in [0.15, 0.2) is 5.79 Å². The molecule has 3 heteroatoms. The van der Waals surface area contributed by atoms with Crippen LogP contribution in [0.1, 0.15) is 31.0 Å². The van der Waals surface area contributed by atoms with Crippen LogP contribution in [-0.2, 0) is 9.47 Å². The second-order valence-electron chi connectivity index (χ2n) is 5.89. The Morgan fingerprint density at radius 2 is 1.55 bits per heavy atom. The summed E-state index contributed by atoms with van der Waals surface area (Å²) in [5, 5.41) is 0. The maximum Gasteiger partial charge on any atom is 0.163 e. The first-order valence-electron chi connectivity index (χ1n) is 7.59. The molecule has 0 amide bonds. The van der Waals surface area contributed by atoms with E-state index < -0.39 is 5.79 Å². The normalized spacial score (nSPS) is 20.8. The molecule has 1 aliphatic heterocycles. The molecule has 2 aromatic carbocycles. The van der Waals surface area contributed by atoms with Crippen LogP contribution in [0, 0.1) is 0 Å². The molecule has 3 nitrogen and oxygen atoms in total. The number of aliphatic imine (C=N–C) groups is 1. The molecule has 114 valence electrons. The first kappa shape index (κ1) is 14.9. The highest BCUT2D eigenvalue weighted by atomic mass is 16.7. The monoisotopic (exact) mass is 295 g/mol. The van der Waals surface area contributed by atoms with E-state index >= 15 is 0 Å². The minimum Gasteiger partial charge on any atom is -0.347 e. The summed E-state index contributed by atoms with van der Waals surface area (Å²) in [5.74, 6) is -0.522. The van der Waals surface area contributed by atoms with Crippen molar-refractivity contribution in [2.24, 2.45) is 4.99 Å². The smallest absolute Gasteiger partial charge is 0.163 e. The van der Waals surface area contributed by atoms with Crippen molar-refractivity contribution in [2.45, 2.75) is 31.8 Å². The number of rotatable bonds is 4. The largest absolute Gasteiger partial charge is 0.347 e. The van der Waals surface area contributed by atoms with E-state index in [0.717, 1.165) is 0 Å². The van der Waals surface area contributed by atoms with E-state index in [4.69, 9.17) is 14.5 Å². The molecule has 3 rings (SSSR count). The molecule has 1 saturated heterocycles. The minimum atomic E-state index is -0.522. The standard InChI is InChI=1S/C19H21NO2/c1-19(2)21-14-17(22-19)13-20-18(15-9-5-3-6-10-15)16-11-7-4-8-12-16/h3-13,17-18H,14H2,1-2H3/t17-/m0/s1. The van der Waals surface area contributed by atoms with Crippen LogP contribution in [0.2, 0.25) is 0 Å². The van der Waals surface area contributed by atoms with Crippen molar-refractivity contribution >= 4 is 6.21 Å². The van der Waals surface area contributed by atoms with E-state index in [1.54, 1.807) is 0 Å². The van der Waals surface area contributed by atoms with Gasteiger partial charge in [0.2, 0.25) is 0 Å². The molecule has 1 fully saturated rings. The molecular formula is C19H21NO2. The van der Waals surface area contributed by atoms with Gasteiger partial charge in [-0.1, -0.05) is 60.7 Å². The van der Waals surface area contributed by atoms with Gasteiger partial charge in [-0.15, -0.1) is 0 Å². The third-order valence-electron chi connectivity index (χ3n) is 3.66. The Hall–Kier alpha value is -1.97. The molecule has 0 spiro atoms. The van der Waals surface area contributed by atoms with Gasteiger partial charge in [-0.25, -0.2) is 0 Å². The molecule has 0 N–H and O–H groups in total. The topological polar surface area (TPSA) is 30.8 Å². The van der Waals surface area contributed by atoms with E-state index in [2.05, 4.69) is 24.3 Å². The summed E-state index contributed by atoms with van der Waals surface area (Å²) < 4.78 is 11.4. The Kier molecular flexibility index (Phi) is 4.36. The second-order valence-corrected chi connectivity index (χ2v) is 5.89. The SMILES string of the molecule is CC1(C)OC[C@H](C=NC(c2ccccc2)c2ccccc2)O1. The minimum absolute atomic E-state index is 0.0188. The van der Waals surface area contributed by atoms with Crippen LogP contribution in [0.3, 0.4) is 0 Å². The van der Waals surface area contributed by atoms with Gasteiger partial charge >= 0.3 is 0 Å². The van der Waals surface area contributed by atoms with E-state index in [9.17, 15) is 0 Å². The van der Waals surface area contributed by atoms with Gasteiger partial charge in [0.25, 0.3) is 0 Å². The summed E-state index contributed by atoms with van der Waals surface area (Å²) in [4.78, 5) is 4.78. The fourth-order valence-electron chi connectivity index (χ4n) is 2.61. The molecule has 1 atom stereocenters. The van der Waals surface area contributed by atoms with Gasteiger partial charge in [-0.05, 0) is 25.0 Å². The van der Waals surface area contributed by atoms with Crippen LogP contribution in [0.15, 0.2) is 65.7 Å². The van der Waals surface area contributed by atoms with E-state index in [1.807, 2.05) is 56.5 Å². The summed E-state index contributed by atoms with van der Waals surface area (Å²) in [6.07, 6.45) is 1.78. The van der Waals surface area contributed by atoms with Gasteiger partial charge in [0.05, 0.1) is 12.6 Å². The predicted octanol–water partition coefficient (Wildman–Crippen LogP) is 4.00. The molecule has 0 radical (unpaired) electrons. The first-order chi connectivity index (χ1) is 10.6. The lowest BCUT2D eigenvalue weighted by molar-refractivity contribution is -0.130. The molecule has 0 unspecified atom stereocenters. The lowest BCUT2D eigenvalue weighted by atomic mass is 9.99. The van der Waals surface area contributed by atoms with Gasteiger partial charge < -0.3 is 9.47 Å². The second kappa shape index (κ2) is 6.42. The molecule has 0 aliphatic carbocycles. The molecule has 2 aromatic rings. The Balaban J connectivity index is 1.84. The van der Waals surface area contributed by atoms with Crippen LogP contribution in [0.5, 0.6) is 0 Å². The number of hydrogen-bond acceptors (Lipinski definition) is 3. The summed E-state index contributed by atoms with van der Waals surface area (Å²) in [7, 11) is 0. The van der Waals surface area contributed by atoms with Crippen molar-refractivity contribution in [3.63, 3.8) is 0 Å². The molecule has 1 heterocycles. The summed E-state index contributed by atoms with van der Waals surface area (Å²) in [6.45, 7) is 4.40. The first-order valence-corrected chi connectivity index (χ1v) is 7.59. The molecule has 0 aromatic heterocycles. The molecule has 0 saturated carbocycles. The van der Waals surface area contributed by atoms with Crippen LogP contribution >= 0.6 is 0 Å². The van der Waals surface area contributed by atoms with E-state index in [-0.39, 0.29) is 12.1 Å². The van der Waals surface area contributed by atoms with Crippen molar-refractivity contribution in [1.82, 2.24) is 0 Å². The van der Waals surface area contributed by atoms with Crippen molar-refractivity contribution < 1.29 is 9.47 Å². The van der Waals surface area contributed by atoms with Crippen LogP contribution in [-0.4, -0.2) is 24.7 Å².